The smallest absolute Gasteiger partial charge is 0.306 e. The standard InChI is InChI=1S/C60H118N2O5/c1-8-13-18-23-30-39-49-58(63)62(53-42-52-61(6)7)56(46-36-29-25-27-32-41-51-60(65)67-57(47-37-21-16-11-4)48-38-22-17-12-5)45-35-28-24-26-31-40-50-59(64)66-54-55(43-33-19-14-9-2)44-34-20-15-10-3/h55-57H,8-54H2,1-7H3. The first kappa shape index (κ1) is 65.4. The maximum absolute atomic E-state index is 14.0. The largest absolute Gasteiger partial charge is 0.465 e. The van der Waals surface area contributed by atoms with E-state index in [-0.39, 0.29) is 18.0 Å². The number of nitrogens with zero attached hydrogens (tertiary/aromatic N) is 2. The van der Waals surface area contributed by atoms with Gasteiger partial charge >= 0.3 is 11.9 Å². The van der Waals surface area contributed by atoms with Crippen LogP contribution < -0.4 is 0 Å². The van der Waals surface area contributed by atoms with Crippen molar-refractivity contribution in [3.8, 4) is 0 Å². The summed E-state index contributed by atoms with van der Waals surface area (Å²) >= 11 is 0. The monoisotopic (exact) mass is 947 g/mol. The Morgan fingerprint density at radius 2 is 0.731 bits per heavy atom. The van der Waals surface area contributed by atoms with E-state index in [1.807, 2.05) is 0 Å². The fraction of sp³-hybridized carbons (Fsp3) is 0.950. The zero-order valence-corrected chi connectivity index (χ0v) is 46.4. The normalized spacial score (nSPS) is 12.1. The highest BCUT2D eigenvalue weighted by molar-refractivity contribution is 5.76. The van der Waals surface area contributed by atoms with Gasteiger partial charge in [-0.1, -0.05) is 221 Å². The molecular formula is C60H118N2O5. The Kier molecular flexibility index (Phi) is 49.5. The average Bonchev–Trinajstić information content (AvgIpc) is 3.31. The van der Waals surface area contributed by atoms with Gasteiger partial charge in [0.15, 0.2) is 0 Å². The molecule has 0 aliphatic carbocycles. The van der Waals surface area contributed by atoms with E-state index >= 15 is 0 Å². The number of hydrogen-bond donors (Lipinski definition) is 0. The molecule has 0 bridgehead atoms. The van der Waals surface area contributed by atoms with Crippen molar-refractivity contribution < 1.29 is 23.9 Å². The van der Waals surface area contributed by atoms with Crippen LogP contribution in [0.5, 0.6) is 0 Å². The number of rotatable bonds is 53. The lowest BCUT2D eigenvalue weighted by Gasteiger charge is -2.33. The first-order valence-corrected chi connectivity index (χ1v) is 30.0. The summed E-state index contributed by atoms with van der Waals surface area (Å²) in [4.78, 5) is 44.1. The predicted molar refractivity (Wildman–Crippen MR) is 290 cm³/mol. The van der Waals surface area contributed by atoms with Gasteiger partial charge in [0.1, 0.15) is 6.10 Å². The lowest BCUT2D eigenvalue weighted by molar-refractivity contribution is -0.150. The molecule has 7 nitrogen and oxygen atoms in total. The minimum atomic E-state index is -0.0000554. The minimum Gasteiger partial charge on any atom is -0.465 e. The van der Waals surface area contributed by atoms with E-state index in [1.165, 1.54) is 167 Å². The molecule has 0 saturated carbocycles. The van der Waals surface area contributed by atoms with Crippen LogP contribution in [0.2, 0.25) is 0 Å². The van der Waals surface area contributed by atoms with Gasteiger partial charge < -0.3 is 19.3 Å². The van der Waals surface area contributed by atoms with Gasteiger partial charge in [-0.2, -0.15) is 0 Å². The molecule has 398 valence electrons. The van der Waals surface area contributed by atoms with E-state index in [1.54, 1.807) is 0 Å². The lowest BCUT2D eigenvalue weighted by atomic mass is 9.95. The second-order valence-electron chi connectivity index (χ2n) is 21.3. The van der Waals surface area contributed by atoms with Gasteiger partial charge in [0.05, 0.1) is 6.61 Å². The van der Waals surface area contributed by atoms with Crippen LogP contribution in [0.1, 0.15) is 317 Å². The molecule has 7 heteroatoms. The molecule has 0 radical (unpaired) electrons. The van der Waals surface area contributed by atoms with Gasteiger partial charge in [-0.15, -0.1) is 0 Å². The Bertz CT molecular complexity index is 1040. The number of carbonyl (C=O) groups excluding carboxylic acids is 3. The van der Waals surface area contributed by atoms with Crippen molar-refractivity contribution in [2.24, 2.45) is 5.92 Å². The lowest BCUT2D eigenvalue weighted by Crippen LogP contribution is -2.41. The summed E-state index contributed by atoms with van der Waals surface area (Å²) in [5.41, 5.74) is 0. The fourth-order valence-electron chi connectivity index (χ4n) is 9.86. The van der Waals surface area contributed by atoms with Gasteiger partial charge in [0.2, 0.25) is 5.91 Å². The highest BCUT2D eigenvalue weighted by Gasteiger charge is 2.23. The molecule has 67 heavy (non-hydrogen) atoms. The van der Waals surface area contributed by atoms with Crippen molar-refractivity contribution in [1.29, 1.82) is 0 Å². The van der Waals surface area contributed by atoms with Crippen LogP contribution in [0.4, 0.5) is 0 Å². The Morgan fingerprint density at radius 3 is 1.18 bits per heavy atom. The predicted octanol–water partition coefficient (Wildman–Crippen LogP) is 18.1. The summed E-state index contributed by atoms with van der Waals surface area (Å²) in [5.74, 6) is 0.915. The van der Waals surface area contributed by atoms with Crippen LogP contribution in [0.15, 0.2) is 0 Å². The van der Waals surface area contributed by atoms with Crippen molar-refractivity contribution in [2.75, 3.05) is 33.8 Å². The molecule has 0 aliphatic heterocycles. The Balaban J connectivity index is 5.04. The van der Waals surface area contributed by atoms with Crippen LogP contribution in [0.3, 0.4) is 0 Å². The summed E-state index contributed by atoms with van der Waals surface area (Å²) < 4.78 is 11.9. The van der Waals surface area contributed by atoms with Crippen molar-refractivity contribution in [2.45, 2.75) is 329 Å². The summed E-state index contributed by atoms with van der Waals surface area (Å²) in [6.07, 6.45) is 50.3. The fourth-order valence-corrected chi connectivity index (χ4v) is 9.86. The van der Waals surface area contributed by atoms with Crippen LogP contribution in [-0.4, -0.2) is 73.6 Å². The second kappa shape index (κ2) is 50.7. The van der Waals surface area contributed by atoms with E-state index in [0.717, 1.165) is 109 Å². The van der Waals surface area contributed by atoms with E-state index in [4.69, 9.17) is 9.47 Å². The van der Waals surface area contributed by atoms with Crippen molar-refractivity contribution in [3.05, 3.63) is 0 Å². The van der Waals surface area contributed by atoms with E-state index in [0.29, 0.717) is 43.7 Å². The van der Waals surface area contributed by atoms with Crippen molar-refractivity contribution in [1.82, 2.24) is 9.80 Å². The molecule has 1 unspecified atom stereocenters. The number of esters is 2. The SMILES string of the molecule is CCCCCCCCC(=O)N(CCCN(C)C)C(CCCCCCCCC(=O)OCC(CCCCCC)CCCCCC)CCCCCCCCC(=O)OC(CCCCCC)CCCCCC. The molecule has 1 atom stereocenters. The van der Waals surface area contributed by atoms with E-state index in [9.17, 15) is 14.4 Å². The van der Waals surface area contributed by atoms with Crippen LogP contribution in [-0.2, 0) is 23.9 Å². The third-order valence-electron chi connectivity index (χ3n) is 14.3. The summed E-state index contributed by atoms with van der Waals surface area (Å²) in [6.45, 7) is 13.8. The quantitative estimate of drug-likeness (QED) is 0.0447. The first-order valence-electron chi connectivity index (χ1n) is 30.0. The number of hydrogen-bond acceptors (Lipinski definition) is 6. The van der Waals surface area contributed by atoms with Gasteiger partial charge in [0, 0.05) is 31.8 Å². The van der Waals surface area contributed by atoms with Gasteiger partial charge in [-0.25, -0.2) is 0 Å². The maximum atomic E-state index is 14.0. The number of unbranched alkanes of at least 4 members (excludes halogenated alkanes) is 27. The van der Waals surface area contributed by atoms with Crippen LogP contribution in [0, 0.1) is 5.92 Å². The zero-order chi connectivity index (χ0) is 49.3. The van der Waals surface area contributed by atoms with Gasteiger partial charge in [0.25, 0.3) is 0 Å². The molecule has 0 aromatic heterocycles. The molecule has 0 aromatic carbocycles. The van der Waals surface area contributed by atoms with Gasteiger partial charge in [-0.05, 0) is 104 Å². The third kappa shape index (κ3) is 44.1. The molecule has 0 aromatic rings. The third-order valence-corrected chi connectivity index (χ3v) is 14.3. The Morgan fingerprint density at radius 1 is 0.373 bits per heavy atom. The molecule has 0 fully saturated rings. The number of amides is 1. The summed E-state index contributed by atoms with van der Waals surface area (Å²) in [5, 5.41) is 0. The Hall–Kier alpha value is -1.63. The highest BCUT2D eigenvalue weighted by atomic mass is 16.5. The van der Waals surface area contributed by atoms with Crippen molar-refractivity contribution in [3.63, 3.8) is 0 Å². The number of carbonyl (C=O) groups is 3. The van der Waals surface area contributed by atoms with Crippen LogP contribution >= 0.6 is 0 Å². The first-order chi connectivity index (χ1) is 32.7. The molecule has 0 heterocycles. The second-order valence-corrected chi connectivity index (χ2v) is 21.3. The molecule has 0 aliphatic rings. The number of ether oxygens (including phenoxy) is 2. The maximum Gasteiger partial charge on any atom is 0.306 e. The summed E-state index contributed by atoms with van der Waals surface area (Å²) in [6, 6.07) is 0.318. The minimum absolute atomic E-state index is 0.0000554. The molecular weight excluding hydrogens is 829 g/mol. The van der Waals surface area contributed by atoms with E-state index in [2.05, 4.69) is 58.5 Å². The van der Waals surface area contributed by atoms with Crippen molar-refractivity contribution >= 4 is 17.8 Å². The molecule has 0 rings (SSSR count). The van der Waals surface area contributed by atoms with Crippen LogP contribution in [0.25, 0.3) is 0 Å². The molecule has 1 amide bonds. The molecule has 0 spiro atoms. The average molecular weight is 948 g/mol. The molecule has 0 saturated heterocycles. The van der Waals surface area contributed by atoms with Gasteiger partial charge in [-0.3, -0.25) is 14.4 Å². The zero-order valence-electron chi connectivity index (χ0n) is 46.4. The Labute approximate surface area is 419 Å². The topological polar surface area (TPSA) is 76.2 Å². The summed E-state index contributed by atoms with van der Waals surface area (Å²) in [7, 11) is 4.27. The highest BCUT2D eigenvalue weighted by Crippen LogP contribution is 2.24. The molecule has 0 N–H and O–H groups in total. The van der Waals surface area contributed by atoms with E-state index < -0.39 is 0 Å².